The molecule has 0 amide bonds. The van der Waals surface area contributed by atoms with Gasteiger partial charge >= 0.3 is 0 Å². The monoisotopic (exact) mass is 232 g/mol. The summed E-state index contributed by atoms with van der Waals surface area (Å²) in [4.78, 5) is 3.93. The SMILES string of the molecule is C[C@@H]1CCCC[C@H]1c1nnc2c(N)ncnn12. The van der Waals surface area contributed by atoms with E-state index in [1.807, 2.05) is 0 Å². The largest absolute Gasteiger partial charge is 0.380 e. The summed E-state index contributed by atoms with van der Waals surface area (Å²) in [5.41, 5.74) is 6.33. The van der Waals surface area contributed by atoms with Crippen molar-refractivity contribution in [3.05, 3.63) is 12.2 Å². The van der Waals surface area contributed by atoms with E-state index in [-0.39, 0.29) is 0 Å². The quantitative estimate of drug-likeness (QED) is 0.803. The molecule has 2 atom stereocenters. The molecule has 6 nitrogen and oxygen atoms in total. The van der Waals surface area contributed by atoms with E-state index >= 15 is 0 Å². The first-order chi connectivity index (χ1) is 8.27. The maximum Gasteiger partial charge on any atom is 0.220 e. The van der Waals surface area contributed by atoms with Crippen LogP contribution in [0.5, 0.6) is 0 Å². The van der Waals surface area contributed by atoms with Crippen LogP contribution in [0.3, 0.4) is 0 Å². The van der Waals surface area contributed by atoms with E-state index in [1.54, 1.807) is 4.52 Å². The van der Waals surface area contributed by atoms with Crippen LogP contribution in [0.15, 0.2) is 6.33 Å². The van der Waals surface area contributed by atoms with E-state index in [0.29, 0.717) is 23.3 Å². The minimum absolute atomic E-state index is 0.391. The number of rotatable bonds is 1. The van der Waals surface area contributed by atoms with E-state index < -0.39 is 0 Å². The highest BCUT2D eigenvalue weighted by Crippen LogP contribution is 2.36. The van der Waals surface area contributed by atoms with Crippen molar-refractivity contribution in [1.82, 2.24) is 24.8 Å². The Bertz CT molecular complexity index is 534. The molecule has 0 aliphatic heterocycles. The van der Waals surface area contributed by atoms with Gasteiger partial charge in [0.05, 0.1) is 0 Å². The van der Waals surface area contributed by atoms with Crippen molar-refractivity contribution in [2.24, 2.45) is 5.92 Å². The summed E-state index contributed by atoms with van der Waals surface area (Å²) in [5, 5.41) is 12.6. The van der Waals surface area contributed by atoms with Gasteiger partial charge in [-0.2, -0.15) is 9.61 Å². The number of nitrogen functional groups attached to an aromatic ring is 1. The van der Waals surface area contributed by atoms with Crippen LogP contribution in [0.1, 0.15) is 44.3 Å². The van der Waals surface area contributed by atoms with Gasteiger partial charge in [0.1, 0.15) is 6.33 Å². The zero-order valence-corrected chi connectivity index (χ0v) is 9.87. The molecular weight excluding hydrogens is 216 g/mol. The maximum absolute atomic E-state index is 5.76. The van der Waals surface area contributed by atoms with Gasteiger partial charge in [-0.25, -0.2) is 4.98 Å². The summed E-state index contributed by atoms with van der Waals surface area (Å²) in [6.07, 6.45) is 6.44. The number of nitrogens with two attached hydrogens (primary N) is 1. The van der Waals surface area contributed by atoms with E-state index in [2.05, 4.69) is 27.2 Å². The van der Waals surface area contributed by atoms with Gasteiger partial charge in [-0.1, -0.05) is 26.2 Å². The first-order valence-electron chi connectivity index (χ1n) is 6.09. The minimum Gasteiger partial charge on any atom is -0.380 e. The predicted molar refractivity (Wildman–Crippen MR) is 63.4 cm³/mol. The highest BCUT2D eigenvalue weighted by Gasteiger charge is 2.27. The predicted octanol–water partition coefficient (Wildman–Crippen LogP) is 1.40. The van der Waals surface area contributed by atoms with E-state index in [9.17, 15) is 0 Å². The summed E-state index contributed by atoms with van der Waals surface area (Å²) in [7, 11) is 0. The molecule has 0 unspecified atom stereocenters. The average Bonchev–Trinajstić information content (AvgIpc) is 2.75. The molecule has 2 aromatic rings. The Labute approximate surface area is 99.3 Å². The minimum atomic E-state index is 0.391. The van der Waals surface area contributed by atoms with Gasteiger partial charge in [0.25, 0.3) is 0 Å². The van der Waals surface area contributed by atoms with Gasteiger partial charge in [-0.3, -0.25) is 0 Å². The summed E-state index contributed by atoms with van der Waals surface area (Å²) in [6.45, 7) is 2.27. The fourth-order valence-electron chi connectivity index (χ4n) is 2.69. The molecule has 3 rings (SSSR count). The molecular formula is C11H16N6. The zero-order valence-electron chi connectivity index (χ0n) is 9.87. The van der Waals surface area contributed by atoms with Gasteiger partial charge in [0.15, 0.2) is 11.6 Å². The highest BCUT2D eigenvalue weighted by molar-refractivity contribution is 5.57. The topological polar surface area (TPSA) is 82.0 Å². The van der Waals surface area contributed by atoms with Crippen LogP contribution in [0.2, 0.25) is 0 Å². The molecule has 0 bridgehead atoms. The van der Waals surface area contributed by atoms with Crippen LogP contribution in [-0.4, -0.2) is 24.8 Å². The molecule has 0 aromatic carbocycles. The van der Waals surface area contributed by atoms with Crippen molar-refractivity contribution in [2.75, 3.05) is 5.73 Å². The Kier molecular flexibility index (Phi) is 2.42. The molecule has 17 heavy (non-hydrogen) atoms. The lowest BCUT2D eigenvalue weighted by atomic mass is 9.80. The third-order valence-electron chi connectivity index (χ3n) is 3.70. The fourth-order valence-corrected chi connectivity index (χ4v) is 2.69. The van der Waals surface area contributed by atoms with Crippen LogP contribution in [-0.2, 0) is 0 Å². The molecule has 1 aliphatic carbocycles. The van der Waals surface area contributed by atoms with Crippen molar-refractivity contribution in [1.29, 1.82) is 0 Å². The van der Waals surface area contributed by atoms with Gasteiger partial charge in [0, 0.05) is 5.92 Å². The molecule has 1 aliphatic rings. The Hall–Kier alpha value is -1.72. The average molecular weight is 232 g/mol. The Morgan fingerprint density at radius 2 is 2.12 bits per heavy atom. The number of fused-ring (bicyclic) bond motifs is 1. The van der Waals surface area contributed by atoms with Gasteiger partial charge < -0.3 is 5.73 Å². The van der Waals surface area contributed by atoms with Crippen LogP contribution in [0.25, 0.3) is 5.65 Å². The highest BCUT2D eigenvalue weighted by atomic mass is 15.4. The van der Waals surface area contributed by atoms with Crippen molar-refractivity contribution < 1.29 is 0 Å². The maximum atomic E-state index is 5.76. The number of nitrogens with zero attached hydrogens (tertiary/aromatic N) is 5. The number of anilines is 1. The lowest BCUT2D eigenvalue weighted by Gasteiger charge is -2.26. The molecule has 2 N–H and O–H groups in total. The molecule has 90 valence electrons. The molecule has 0 saturated heterocycles. The Morgan fingerprint density at radius 1 is 1.29 bits per heavy atom. The van der Waals surface area contributed by atoms with Crippen molar-refractivity contribution in [3.8, 4) is 0 Å². The number of hydrogen-bond donors (Lipinski definition) is 1. The molecule has 0 spiro atoms. The lowest BCUT2D eigenvalue weighted by Crippen LogP contribution is -2.18. The van der Waals surface area contributed by atoms with Gasteiger partial charge in [-0.15, -0.1) is 10.2 Å². The molecule has 1 fully saturated rings. The first-order valence-corrected chi connectivity index (χ1v) is 6.09. The van der Waals surface area contributed by atoms with E-state index in [0.717, 1.165) is 12.2 Å². The Balaban J connectivity index is 2.08. The third kappa shape index (κ3) is 1.64. The second-order valence-electron chi connectivity index (χ2n) is 4.81. The van der Waals surface area contributed by atoms with Crippen molar-refractivity contribution in [3.63, 3.8) is 0 Å². The molecule has 2 aromatic heterocycles. The van der Waals surface area contributed by atoms with Gasteiger partial charge in [0.2, 0.25) is 5.65 Å². The van der Waals surface area contributed by atoms with Crippen LogP contribution in [0.4, 0.5) is 5.82 Å². The smallest absolute Gasteiger partial charge is 0.220 e. The first kappa shape index (κ1) is 10.4. The third-order valence-corrected chi connectivity index (χ3v) is 3.70. The van der Waals surface area contributed by atoms with Crippen LogP contribution in [0, 0.1) is 5.92 Å². The van der Waals surface area contributed by atoms with Crippen molar-refractivity contribution >= 4 is 11.5 Å². The van der Waals surface area contributed by atoms with E-state index in [1.165, 1.54) is 25.6 Å². The summed E-state index contributed by atoms with van der Waals surface area (Å²) < 4.78 is 1.74. The number of aromatic nitrogens is 5. The van der Waals surface area contributed by atoms with Crippen molar-refractivity contribution in [2.45, 2.75) is 38.5 Å². The van der Waals surface area contributed by atoms with Gasteiger partial charge in [-0.05, 0) is 12.3 Å². The number of hydrogen-bond acceptors (Lipinski definition) is 5. The summed E-state index contributed by atoms with van der Waals surface area (Å²) in [6, 6.07) is 0. The second-order valence-corrected chi connectivity index (χ2v) is 4.81. The molecule has 1 saturated carbocycles. The summed E-state index contributed by atoms with van der Waals surface area (Å²) in [5.74, 6) is 2.39. The summed E-state index contributed by atoms with van der Waals surface area (Å²) >= 11 is 0. The Morgan fingerprint density at radius 3 is 2.94 bits per heavy atom. The fraction of sp³-hybridized carbons (Fsp3) is 0.636. The standard InChI is InChI=1S/C11H16N6/c1-7-4-2-3-5-8(7)10-15-16-11-9(12)13-6-14-17(10)11/h6-8H,2-5H2,1H3,(H2,12,13,14)/t7-,8-/m1/s1. The van der Waals surface area contributed by atoms with E-state index in [4.69, 9.17) is 5.73 Å². The van der Waals surface area contributed by atoms with Crippen LogP contribution < -0.4 is 5.73 Å². The lowest BCUT2D eigenvalue weighted by molar-refractivity contribution is 0.316. The molecule has 6 heteroatoms. The molecule has 2 heterocycles. The van der Waals surface area contributed by atoms with Crippen LogP contribution >= 0.6 is 0 Å². The normalized spacial score (nSPS) is 25.2. The second kappa shape index (κ2) is 3.94. The zero-order chi connectivity index (χ0) is 11.8. The molecule has 0 radical (unpaired) electrons.